The van der Waals surface area contributed by atoms with Gasteiger partial charge in [-0.15, -0.1) is 0 Å². The van der Waals surface area contributed by atoms with Crippen LogP contribution in [0.25, 0.3) is 0 Å². The highest BCUT2D eigenvalue weighted by molar-refractivity contribution is 5.78. The van der Waals surface area contributed by atoms with Crippen LogP contribution in [0, 0.1) is 11.2 Å². The molecule has 0 aliphatic carbocycles. The lowest BCUT2D eigenvalue weighted by Crippen LogP contribution is -2.56. The fourth-order valence-corrected chi connectivity index (χ4v) is 4.39. The molecule has 3 rings (SSSR count). The van der Waals surface area contributed by atoms with E-state index in [1.54, 1.807) is 18.2 Å². The summed E-state index contributed by atoms with van der Waals surface area (Å²) in [4.78, 5) is 28.7. The number of benzene rings is 1. The summed E-state index contributed by atoms with van der Waals surface area (Å²) in [6.45, 7) is 7.19. The van der Waals surface area contributed by atoms with E-state index >= 15 is 0 Å². The van der Waals surface area contributed by atoms with Gasteiger partial charge in [0.15, 0.2) is 0 Å². The quantitative estimate of drug-likeness (QED) is 0.861. The van der Waals surface area contributed by atoms with Gasteiger partial charge in [-0.05, 0) is 45.7 Å². The Morgan fingerprint density at radius 3 is 2.78 bits per heavy atom. The maximum absolute atomic E-state index is 13.7. The summed E-state index contributed by atoms with van der Waals surface area (Å²) in [7, 11) is 0. The zero-order valence-corrected chi connectivity index (χ0v) is 16.3. The van der Waals surface area contributed by atoms with Gasteiger partial charge in [-0.2, -0.15) is 0 Å². The van der Waals surface area contributed by atoms with Gasteiger partial charge in [-0.1, -0.05) is 18.2 Å². The number of carbonyl (C=O) groups excluding carboxylic acids is 2. The van der Waals surface area contributed by atoms with Gasteiger partial charge in [0, 0.05) is 43.1 Å². The van der Waals surface area contributed by atoms with Gasteiger partial charge in [-0.25, -0.2) is 4.39 Å². The Kier molecular flexibility index (Phi) is 6.15. The molecule has 148 valence electrons. The van der Waals surface area contributed by atoms with Crippen LogP contribution in [0.5, 0.6) is 0 Å². The van der Waals surface area contributed by atoms with Gasteiger partial charge in [0.05, 0.1) is 6.54 Å². The number of carbonyl (C=O) groups is 2. The number of nitrogens with zero attached hydrogens (tertiary/aromatic N) is 2. The molecule has 2 amide bonds. The Bertz CT molecular complexity index is 694. The SMILES string of the molecule is CC(C)N1C[C@@]2(CCCN(CC(=O)NCc3ccccc3F)C2)CCC1=O. The van der Waals surface area contributed by atoms with Gasteiger partial charge < -0.3 is 10.2 Å². The first-order valence-electron chi connectivity index (χ1n) is 9.90. The van der Waals surface area contributed by atoms with E-state index in [0.29, 0.717) is 18.5 Å². The number of rotatable bonds is 5. The minimum Gasteiger partial charge on any atom is -0.351 e. The van der Waals surface area contributed by atoms with E-state index < -0.39 is 0 Å². The molecule has 1 N–H and O–H groups in total. The molecule has 2 heterocycles. The van der Waals surface area contributed by atoms with Crippen molar-refractivity contribution < 1.29 is 14.0 Å². The van der Waals surface area contributed by atoms with Crippen molar-refractivity contribution in [1.82, 2.24) is 15.1 Å². The van der Waals surface area contributed by atoms with Crippen molar-refractivity contribution in [1.29, 1.82) is 0 Å². The Morgan fingerprint density at radius 2 is 2.04 bits per heavy atom. The smallest absolute Gasteiger partial charge is 0.234 e. The largest absolute Gasteiger partial charge is 0.351 e. The first-order chi connectivity index (χ1) is 12.9. The second kappa shape index (κ2) is 8.38. The zero-order valence-electron chi connectivity index (χ0n) is 16.3. The molecule has 0 saturated carbocycles. The van der Waals surface area contributed by atoms with E-state index in [9.17, 15) is 14.0 Å². The lowest BCUT2D eigenvalue weighted by Gasteiger charge is -2.49. The second-order valence-corrected chi connectivity index (χ2v) is 8.30. The Morgan fingerprint density at radius 1 is 1.26 bits per heavy atom. The normalized spacial score (nSPS) is 23.9. The summed E-state index contributed by atoms with van der Waals surface area (Å²) >= 11 is 0. The molecule has 2 fully saturated rings. The predicted octanol–water partition coefficient (Wildman–Crippen LogP) is 2.55. The first-order valence-corrected chi connectivity index (χ1v) is 9.90. The minimum absolute atomic E-state index is 0.0806. The summed E-state index contributed by atoms with van der Waals surface area (Å²) < 4.78 is 13.7. The standard InChI is InChI=1S/C21H30FN3O2/c1-16(2)25-15-21(10-8-20(25)27)9-5-11-24(14-21)13-19(26)23-12-17-6-3-4-7-18(17)22/h3-4,6-7,16H,5,8-15H2,1-2H3,(H,23,26)/t21-/m0/s1. The third kappa shape index (κ3) is 4.86. The third-order valence-corrected chi connectivity index (χ3v) is 5.86. The first kappa shape index (κ1) is 19.8. The zero-order chi connectivity index (χ0) is 19.4. The van der Waals surface area contributed by atoms with E-state index in [1.807, 2.05) is 4.90 Å². The van der Waals surface area contributed by atoms with Gasteiger partial charge in [0.25, 0.3) is 0 Å². The molecule has 0 aromatic heterocycles. The van der Waals surface area contributed by atoms with Gasteiger partial charge in [0.1, 0.15) is 5.82 Å². The van der Waals surface area contributed by atoms with Crippen LogP contribution in [-0.4, -0.2) is 53.8 Å². The number of hydrogen-bond acceptors (Lipinski definition) is 3. The van der Waals surface area contributed by atoms with Gasteiger partial charge in [-0.3, -0.25) is 14.5 Å². The van der Waals surface area contributed by atoms with Crippen molar-refractivity contribution >= 4 is 11.8 Å². The molecule has 0 unspecified atom stereocenters. The number of piperidine rings is 2. The minimum atomic E-state index is -0.296. The van der Waals surface area contributed by atoms with Crippen molar-refractivity contribution in [3.8, 4) is 0 Å². The van der Waals surface area contributed by atoms with Crippen molar-refractivity contribution in [3.05, 3.63) is 35.6 Å². The molecule has 6 heteroatoms. The van der Waals surface area contributed by atoms with Gasteiger partial charge in [0.2, 0.25) is 11.8 Å². The topological polar surface area (TPSA) is 52.6 Å². The number of likely N-dealkylation sites (tertiary alicyclic amines) is 2. The summed E-state index contributed by atoms with van der Waals surface area (Å²) in [5.41, 5.74) is 0.599. The molecule has 1 spiro atoms. The van der Waals surface area contributed by atoms with Crippen LogP contribution in [0.3, 0.4) is 0 Å². The molecule has 5 nitrogen and oxygen atoms in total. The summed E-state index contributed by atoms with van der Waals surface area (Å²) in [5.74, 6) is -0.131. The van der Waals surface area contributed by atoms with Crippen LogP contribution in [0.4, 0.5) is 4.39 Å². The summed E-state index contributed by atoms with van der Waals surface area (Å²) in [6.07, 6.45) is 3.66. The van der Waals surface area contributed by atoms with Gasteiger partial charge >= 0.3 is 0 Å². The van der Waals surface area contributed by atoms with E-state index in [2.05, 4.69) is 24.1 Å². The van der Waals surface area contributed by atoms with Crippen LogP contribution in [0.1, 0.15) is 45.1 Å². The second-order valence-electron chi connectivity index (χ2n) is 8.30. The molecule has 27 heavy (non-hydrogen) atoms. The van der Waals surface area contributed by atoms with Crippen LogP contribution in [0.2, 0.25) is 0 Å². The van der Waals surface area contributed by atoms with Crippen molar-refractivity contribution in [3.63, 3.8) is 0 Å². The molecular formula is C21H30FN3O2. The maximum Gasteiger partial charge on any atom is 0.234 e. The van der Waals surface area contributed by atoms with Crippen LogP contribution in [-0.2, 0) is 16.1 Å². The molecule has 1 aromatic rings. The maximum atomic E-state index is 13.7. The fourth-order valence-electron chi connectivity index (χ4n) is 4.39. The number of hydrogen-bond donors (Lipinski definition) is 1. The molecule has 2 aliphatic rings. The lowest BCUT2D eigenvalue weighted by atomic mass is 9.73. The Hall–Kier alpha value is -1.95. The van der Waals surface area contributed by atoms with E-state index in [-0.39, 0.29) is 35.6 Å². The van der Waals surface area contributed by atoms with Crippen LogP contribution >= 0.6 is 0 Å². The Labute approximate surface area is 160 Å². The summed E-state index contributed by atoms with van der Waals surface area (Å²) in [6, 6.07) is 6.72. The molecule has 2 saturated heterocycles. The molecule has 0 radical (unpaired) electrons. The highest BCUT2D eigenvalue weighted by Gasteiger charge is 2.42. The molecular weight excluding hydrogens is 345 g/mol. The monoisotopic (exact) mass is 375 g/mol. The van der Waals surface area contributed by atoms with Crippen molar-refractivity contribution in [2.24, 2.45) is 5.41 Å². The highest BCUT2D eigenvalue weighted by atomic mass is 19.1. The van der Waals surface area contributed by atoms with Crippen molar-refractivity contribution in [2.45, 2.75) is 52.1 Å². The number of nitrogens with one attached hydrogen (secondary N) is 1. The van der Waals surface area contributed by atoms with E-state index in [1.165, 1.54) is 6.07 Å². The van der Waals surface area contributed by atoms with E-state index in [4.69, 9.17) is 0 Å². The number of amides is 2. The number of halogens is 1. The lowest BCUT2D eigenvalue weighted by molar-refractivity contribution is -0.142. The predicted molar refractivity (Wildman–Crippen MR) is 102 cm³/mol. The third-order valence-electron chi connectivity index (χ3n) is 5.86. The molecule has 1 aromatic carbocycles. The van der Waals surface area contributed by atoms with Crippen molar-refractivity contribution in [2.75, 3.05) is 26.2 Å². The van der Waals surface area contributed by atoms with Crippen LogP contribution < -0.4 is 5.32 Å². The highest BCUT2D eigenvalue weighted by Crippen LogP contribution is 2.39. The van der Waals surface area contributed by atoms with Crippen LogP contribution in [0.15, 0.2) is 24.3 Å². The average molecular weight is 375 g/mol. The van der Waals surface area contributed by atoms with E-state index in [0.717, 1.165) is 38.9 Å². The fraction of sp³-hybridized carbons (Fsp3) is 0.619. The molecule has 1 atom stereocenters. The molecule has 2 aliphatic heterocycles. The molecule has 0 bridgehead atoms. The average Bonchev–Trinajstić information content (AvgIpc) is 2.63. The summed E-state index contributed by atoms with van der Waals surface area (Å²) in [5, 5.41) is 2.83. The Balaban J connectivity index is 1.54.